The maximum Gasteiger partial charge on any atom is 0.410 e. The molecule has 4 aromatic rings. The van der Waals surface area contributed by atoms with Gasteiger partial charge in [-0.05, 0) is 104 Å². The third-order valence-electron chi connectivity index (χ3n) is 21.8. The van der Waals surface area contributed by atoms with Crippen LogP contribution in [0.25, 0.3) is 10.9 Å². The minimum Gasteiger partial charge on any atom is -0.445 e. The molecule has 36 heteroatoms. The van der Waals surface area contributed by atoms with Crippen molar-refractivity contribution in [2.24, 2.45) is 35.3 Å². The molecule has 0 aliphatic carbocycles. The lowest BCUT2D eigenvalue weighted by atomic mass is 9.89. The minimum absolute atomic E-state index is 0.0388. The summed E-state index contributed by atoms with van der Waals surface area (Å²) in [5.74, 6) is -6.50. The number of hydrogen-bond acceptors (Lipinski definition) is 23. The number of nitrogens with zero attached hydrogens (tertiary/aromatic N) is 5. The van der Waals surface area contributed by atoms with Crippen molar-refractivity contribution >= 4 is 81.9 Å². The Morgan fingerprint density at radius 2 is 1.20 bits per heavy atom. The van der Waals surface area contributed by atoms with E-state index in [1.54, 1.807) is 109 Å². The van der Waals surface area contributed by atoms with E-state index in [9.17, 15) is 63.0 Å². The molecule has 3 aromatic carbocycles. The fraction of sp³-hybridized carbons (Fsp3) is 0.648. The molecule has 0 unspecified atom stereocenters. The van der Waals surface area contributed by atoms with E-state index in [0.717, 1.165) is 21.5 Å². The summed E-state index contributed by atoms with van der Waals surface area (Å²) in [7, 11) is 8.23. The lowest BCUT2D eigenvalue weighted by Crippen LogP contribution is -2.60. The minimum atomic E-state index is -1.34. The van der Waals surface area contributed by atoms with Crippen molar-refractivity contribution in [3.8, 4) is 0 Å². The summed E-state index contributed by atoms with van der Waals surface area (Å²) in [6.45, 7) is 22.7. The second-order valence-electron chi connectivity index (χ2n) is 32.3. The maximum absolute atomic E-state index is 14.7. The van der Waals surface area contributed by atoms with E-state index in [1.165, 1.54) is 26.1 Å². The molecule has 0 saturated carbocycles. The van der Waals surface area contributed by atoms with Crippen LogP contribution in [-0.4, -0.2) is 295 Å². The second kappa shape index (κ2) is 56.5. The molecule has 1 aliphatic rings. The molecule has 13 N–H and O–H groups in total. The first kappa shape index (κ1) is 105. The average molecular weight is 1750 g/mol. The highest BCUT2D eigenvalue weighted by Gasteiger charge is 2.44. The van der Waals surface area contributed by atoms with Gasteiger partial charge in [0.05, 0.1) is 141 Å². The number of anilines is 1. The predicted molar refractivity (Wildman–Crippen MR) is 467 cm³/mol. The largest absolute Gasteiger partial charge is 0.445 e. The molecular formula is C88H141N15O21. The van der Waals surface area contributed by atoms with Gasteiger partial charge in [0.25, 0.3) is 0 Å². The number of aryl methyl sites for hydroxylation is 1. The summed E-state index contributed by atoms with van der Waals surface area (Å²) in [6, 6.07) is 18.3. The number of benzene rings is 3. The number of ether oxygens (including phenoxy) is 8. The van der Waals surface area contributed by atoms with Crippen molar-refractivity contribution < 1.29 is 101 Å². The van der Waals surface area contributed by atoms with Crippen LogP contribution in [0.5, 0.6) is 0 Å². The number of urea groups is 1. The first-order chi connectivity index (χ1) is 59.2. The van der Waals surface area contributed by atoms with Gasteiger partial charge in [-0.15, -0.1) is 0 Å². The van der Waals surface area contributed by atoms with Crippen molar-refractivity contribution in [2.75, 3.05) is 146 Å². The van der Waals surface area contributed by atoms with Gasteiger partial charge in [0.2, 0.25) is 53.2 Å². The van der Waals surface area contributed by atoms with Gasteiger partial charge < -0.3 is 111 Å². The van der Waals surface area contributed by atoms with Gasteiger partial charge in [-0.2, -0.15) is 0 Å². The van der Waals surface area contributed by atoms with E-state index in [2.05, 4.69) is 58.6 Å². The quantitative estimate of drug-likeness (QED) is 0.0217. The van der Waals surface area contributed by atoms with Crippen molar-refractivity contribution in [1.82, 2.24) is 66.9 Å². The predicted octanol–water partition coefficient (Wildman–Crippen LogP) is 4.27. The zero-order valence-electron chi connectivity index (χ0n) is 75.3. The number of hydrogen-bond donors (Lipinski definition) is 12. The van der Waals surface area contributed by atoms with E-state index in [4.69, 9.17) is 43.6 Å². The number of likely N-dealkylation sites (N-methyl/N-ethyl adjacent to an activating group) is 2. The lowest BCUT2D eigenvalue weighted by molar-refractivity contribution is -0.147. The first-order valence-electron chi connectivity index (χ1n) is 43.2. The molecule has 12 atom stereocenters. The number of carbonyl (C=O) groups excluding carboxylic acids is 11. The SMILES string of the molecule is CC[C@H](C)[C@@H]([C@H](O)CC(=O)N1CCC[C@H]1[C@H](OC)[C@@H](C)C(=O)N[C@H](C)[C@@H](O)c1ccccc1)N(C)C(=O)[C@@H](NC(=O)[C@H](C(C)C)N(C)C(=O)OCc1ccc(NC(=O)[C@H](CCCNC(N)=O)NC(=O)[C@@H](NC(=O)CCOCCOCCOCCOCCOCCOCCNC(=O)CNC(=O)CCn2c(CN(C)NC)cc3ccccc32)C(C)C)cc1)C(C)C. The number of methoxy groups -OCH3 is 1. The summed E-state index contributed by atoms with van der Waals surface area (Å²) < 4.78 is 47.1. The molecule has 0 radical (unpaired) electrons. The summed E-state index contributed by atoms with van der Waals surface area (Å²) in [4.78, 5) is 153. The number of aliphatic hydroxyl groups is 2. The Balaban J connectivity index is 0.968. The number of fused-ring (bicyclic) bond motifs is 1. The number of nitrogens with one attached hydrogen (secondary N) is 9. The third-order valence-corrected chi connectivity index (χ3v) is 21.8. The Morgan fingerprint density at radius 3 is 1.78 bits per heavy atom. The van der Waals surface area contributed by atoms with Crippen LogP contribution in [0.4, 0.5) is 15.3 Å². The van der Waals surface area contributed by atoms with Crippen LogP contribution in [0.3, 0.4) is 0 Å². The Kier molecular flexibility index (Phi) is 47.9. The molecule has 5 rings (SSSR count). The molecule has 0 bridgehead atoms. The van der Waals surface area contributed by atoms with Gasteiger partial charge >= 0.3 is 12.1 Å². The average Bonchev–Trinajstić information content (AvgIpc) is 1.64. The number of rotatable bonds is 60. The number of carbonyl (C=O) groups is 11. The third kappa shape index (κ3) is 35.9. The molecule has 0 spiro atoms. The number of nitrogens with two attached hydrogens (primary N) is 1. The van der Waals surface area contributed by atoms with Crippen LogP contribution in [0.15, 0.2) is 84.9 Å². The van der Waals surface area contributed by atoms with E-state index < -0.39 is 126 Å². The van der Waals surface area contributed by atoms with Crippen LogP contribution in [0.1, 0.15) is 144 Å². The normalized spacial score (nSPS) is 15.5. The summed E-state index contributed by atoms with van der Waals surface area (Å²) in [6.07, 6.45) is -2.05. The Bertz CT molecular complexity index is 3920. The summed E-state index contributed by atoms with van der Waals surface area (Å²) in [5, 5.41) is 48.1. The van der Waals surface area contributed by atoms with Gasteiger partial charge in [0.1, 0.15) is 30.8 Å². The number of hydrazine groups is 1. The molecule has 1 fully saturated rings. The number of amides is 12. The van der Waals surface area contributed by atoms with E-state index >= 15 is 0 Å². The summed E-state index contributed by atoms with van der Waals surface area (Å²) >= 11 is 0. The van der Waals surface area contributed by atoms with Gasteiger partial charge in [0, 0.05) is 84.2 Å². The van der Waals surface area contributed by atoms with Crippen molar-refractivity contribution in [2.45, 2.75) is 201 Å². The molecule has 1 aliphatic heterocycles. The molecule has 1 aromatic heterocycles. The lowest BCUT2D eigenvalue weighted by Gasteiger charge is -2.40. The van der Waals surface area contributed by atoms with Gasteiger partial charge in [0.15, 0.2) is 0 Å². The molecule has 124 heavy (non-hydrogen) atoms. The number of primary amides is 1. The Morgan fingerprint density at radius 1 is 0.605 bits per heavy atom. The van der Waals surface area contributed by atoms with Crippen LogP contribution < -0.4 is 53.7 Å². The van der Waals surface area contributed by atoms with Crippen LogP contribution in [0, 0.1) is 29.6 Å². The molecule has 2 heterocycles. The number of para-hydroxylation sites is 1. The number of aromatic nitrogens is 1. The van der Waals surface area contributed by atoms with Crippen molar-refractivity contribution in [3.05, 3.63) is 102 Å². The molecule has 694 valence electrons. The van der Waals surface area contributed by atoms with E-state index in [-0.39, 0.29) is 114 Å². The fourth-order valence-electron chi connectivity index (χ4n) is 14.6. The molecular weight excluding hydrogens is 1600 g/mol. The molecule has 36 nitrogen and oxygen atoms in total. The first-order valence-corrected chi connectivity index (χ1v) is 43.2. The van der Waals surface area contributed by atoms with Crippen LogP contribution in [-0.2, 0) is 101 Å². The van der Waals surface area contributed by atoms with Crippen molar-refractivity contribution in [3.63, 3.8) is 0 Å². The summed E-state index contributed by atoms with van der Waals surface area (Å²) in [5.41, 5.74) is 12.0. The van der Waals surface area contributed by atoms with Crippen LogP contribution in [0.2, 0.25) is 0 Å². The number of aliphatic hydroxyl groups excluding tert-OH is 2. The zero-order chi connectivity index (χ0) is 91.4. The highest BCUT2D eigenvalue weighted by molar-refractivity contribution is 5.99. The second-order valence-corrected chi connectivity index (χ2v) is 32.3. The highest BCUT2D eigenvalue weighted by Crippen LogP contribution is 2.31. The topological polar surface area (TPSA) is 454 Å². The zero-order valence-corrected chi connectivity index (χ0v) is 75.3. The Hall–Kier alpha value is -9.47. The van der Waals surface area contributed by atoms with Gasteiger partial charge in [-0.25, -0.2) is 14.6 Å². The van der Waals surface area contributed by atoms with Crippen molar-refractivity contribution in [1.29, 1.82) is 0 Å². The van der Waals surface area contributed by atoms with E-state index in [1.807, 2.05) is 63.3 Å². The van der Waals surface area contributed by atoms with Gasteiger partial charge in [-0.1, -0.05) is 129 Å². The smallest absolute Gasteiger partial charge is 0.410 e. The standard InChI is InChI=1S/C88H141N15O21/c1-16-60(8)79(71(104)53-75(108)103-38-23-29-70(103)81(117-15)61(9)82(110)94-62(10)80(109)64-24-18-17-19-25-64)100(13)86(114)77(58(4)5)98-85(113)78(59(6)7)101(14)88(116)124-56-63-30-32-66(33-31-63)95-83(111)68(27-22-36-92-87(89)115)96-84(112)76(57(2)3)97-73(106)35-40-118-42-44-120-46-48-122-50-51-123-49-47-121-45-43-119-41-37-91-74(107)54-93-72(105)34-39-102-67(55-99(12)90-11)52-65-26-20-21-28-69(65)102/h17-21,24-26,28,30-33,52,57-62,68,70-71,76-81,90,104,109H,16,22-23,27,29,34-51,53-56H2,1-15H3,(H,91,107)(H,93,105)(H,94,110)(H,95,111)(H,96,112)(H,97,106)(H,98,113)(H3,89,92,115)/t60-,61+,62+,68-,70-,71+,76-,77-,78-,79-,80+,81+/m0/s1. The maximum atomic E-state index is 14.7. The van der Waals surface area contributed by atoms with Crippen LogP contribution >= 0.6 is 0 Å². The monoisotopic (exact) mass is 1740 g/mol. The molecule has 1 saturated heterocycles. The van der Waals surface area contributed by atoms with E-state index in [0.29, 0.717) is 109 Å². The number of likely N-dealkylation sites (tertiary alicyclic amines) is 1. The fourth-order valence-corrected chi connectivity index (χ4v) is 14.6. The highest BCUT2D eigenvalue weighted by atomic mass is 16.6. The molecule has 12 amide bonds. The van der Waals surface area contributed by atoms with Gasteiger partial charge in [-0.3, -0.25) is 53.5 Å². The Labute approximate surface area is 730 Å².